The van der Waals surface area contributed by atoms with Crippen LogP contribution in [0.1, 0.15) is 91.4 Å². The van der Waals surface area contributed by atoms with Gasteiger partial charge in [0.25, 0.3) is 11.1 Å². The molecular weight excluding hydrogens is 613 g/mol. The maximum absolute atomic E-state index is 15.0. The molecule has 1 N–H and O–H groups in total. The van der Waals surface area contributed by atoms with Crippen LogP contribution in [0.15, 0.2) is 87.5 Å². The maximum atomic E-state index is 15.0. The predicted octanol–water partition coefficient (Wildman–Crippen LogP) is 8.38. The average Bonchev–Trinajstić information content (AvgIpc) is 3.56. The fraction of sp³-hybridized carbons (Fsp3) is 0.366. The van der Waals surface area contributed by atoms with Crippen LogP contribution in [-0.4, -0.2) is 19.5 Å². The highest BCUT2D eigenvalue weighted by Gasteiger charge is 2.45. The molecule has 0 unspecified atom stereocenters. The lowest BCUT2D eigenvalue weighted by Crippen LogP contribution is -2.43. The van der Waals surface area contributed by atoms with Crippen LogP contribution in [0.3, 0.4) is 0 Å². The number of benzene rings is 3. The van der Waals surface area contributed by atoms with Crippen LogP contribution in [0.2, 0.25) is 0 Å². The van der Waals surface area contributed by atoms with Crippen molar-refractivity contribution in [1.29, 1.82) is 0 Å². The van der Waals surface area contributed by atoms with Crippen LogP contribution < -0.4 is 11.1 Å². The van der Waals surface area contributed by atoms with Gasteiger partial charge in [-0.2, -0.15) is 0 Å². The van der Waals surface area contributed by atoms with Gasteiger partial charge in [-0.15, -0.1) is 0 Å². The fourth-order valence-corrected chi connectivity index (χ4v) is 10.4. The van der Waals surface area contributed by atoms with Crippen molar-refractivity contribution in [2.24, 2.45) is 0 Å². The number of aromatic nitrogens is 4. The second-order valence-corrected chi connectivity index (χ2v) is 15.5. The molecule has 5 aromatic rings. The number of nitrogens with zero attached hydrogens (tertiary/aromatic N) is 3. The summed E-state index contributed by atoms with van der Waals surface area (Å²) >= 11 is 1.48. The molecule has 0 atom stereocenters. The van der Waals surface area contributed by atoms with E-state index >= 15 is 4.79 Å². The van der Waals surface area contributed by atoms with Crippen molar-refractivity contribution in [3.05, 3.63) is 127 Å². The van der Waals surface area contributed by atoms with E-state index in [0.717, 1.165) is 109 Å². The van der Waals surface area contributed by atoms with Gasteiger partial charge in [0.15, 0.2) is 5.16 Å². The molecule has 48 heavy (non-hydrogen) atoms. The summed E-state index contributed by atoms with van der Waals surface area (Å²) in [4.78, 5) is 42.8. The Morgan fingerprint density at radius 1 is 0.708 bits per heavy atom. The molecule has 4 aliphatic rings. The lowest BCUT2D eigenvalue weighted by atomic mass is 9.62. The van der Waals surface area contributed by atoms with Crippen LogP contribution in [0.25, 0.3) is 28.2 Å². The Kier molecular flexibility index (Phi) is 7.12. The number of hydrogen-bond donors (Lipinski definition) is 1. The van der Waals surface area contributed by atoms with Gasteiger partial charge in [0.1, 0.15) is 5.82 Å². The van der Waals surface area contributed by atoms with Crippen molar-refractivity contribution in [3.63, 3.8) is 0 Å². The number of fused-ring (bicyclic) bond motifs is 8. The lowest BCUT2D eigenvalue weighted by molar-refractivity contribution is 0.283. The van der Waals surface area contributed by atoms with Gasteiger partial charge in [0.2, 0.25) is 0 Å². The van der Waals surface area contributed by atoms with E-state index in [2.05, 4.69) is 60.4 Å². The third-order valence-electron chi connectivity index (χ3n) is 11.7. The second kappa shape index (κ2) is 11.4. The molecule has 0 radical (unpaired) electrons. The van der Waals surface area contributed by atoms with E-state index in [1.807, 2.05) is 28.8 Å². The highest BCUT2D eigenvalue weighted by molar-refractivity contribution is 7.98. The molecule has 0 amide bonds. The third kappa shape index (κ3) is 4.61. The van der Waals surface area contributed by atoms with Gasteiger partial charge < -0.3 is 4.98 Å². The summed E-state index contributed by atoms with van der Waals surface area (Å²) in [5.41, 5.74) is 9.68. The van der Waals surface area contributed by atoms with Crippen LogP contribution in [0.4, 0.5) is 0 Å². The quantitative estimate of drug-likeness (QED) is 0.156. The maximum Gasteiger partial charge on any atom is 0.263 e. The lowest BCUT2D eigenvalue weighted by Gasteiger charge is -2.42. The smallest absolute Gasteiger partial charge is 0.263 e. The standard InChI is InChI=1S/C41H40N4O2S/c1-26-13-3-8-18-31(26)45-38(47)34-36(30-17-7-5-15-28(30)24-41(34)19-9-2-10-20-41)44-39(45)48-25-32-42-35-29-16-6-4-14-27(29)23-40(21-11-12-22-40)33(35)37(46)43-32/h3-8,13-18H,2,9-12,19-25H2,1H3,(H,42,43,46). The summed E-state index contributed by atoms with van der Waals surface area (Å²) in [6.45, 7) is 2.06. The topological polar surface area (TPSA) is 80.6 Å². The number of rotatable bonds is 4. The van der Waals surface area contributed by atoms with Crippen LogP contribution in [0, 0.1) is 6.92 Å². The number of aromatic amines is 1. The summed E-state index contributed by atoms with van der Waals surface area (Å²) in [5.74, 6) is 1.00. The number of aryl methyl sites for hydroxylation is 1. The number of para-hydroxylation sites is 1. The zero-order valence-corrected chi connectivity index (χ0v) is 28.3. The largest absolute Gasteiger partial charge is 0.310 e. The minimum absolute atomic E-state index is 0.0186. The van der Waals surface area contributed by atoms with Crippen molar-refractivity contribution in [3.8, 4) is 28.2 Å². The van der Waals surface area contributed by atoms with Gasteiger partial charge in [-0.3, -0.25) is 14.2 Å². The van der Waals surface area contributed by atoms with Crippen molar-refractivity contribution in [2.75, 3.05) is 0 Å². The monoisotopic (exact) mass is 652 g/mol. The third-order valence-corrected chi connectivity index (χ3v) is 12.7. The minimum Gasteiger partial charge on any atom is -0.310 e. The molecule has 0 aliphatic heterocycles. The highest BCUT2D eigenvalue weighted by Crippen LogP contribution is 2.51. The van der Waals surface area contributed by atoms with Gasteiger partial charge >= 0.3 is 0 Å². The van der Waals surface area contributed by atoms with Gasteiger partial charge in [0, 0.05) is 22.0 Å². The molecule has 9 rings (SSSR count). The first kappa shape index (κ1) is 29.9. The first-order valence-electron chi connectivity index (χ1n) is 17.6. The van der Waals surface area contributed by atoms with E-state index in [1.54, 1.807) is 0 Å². The molecule has 242 valence electrons. The van der Waals surface area contributed by atoms with Gasteiger partial charge in [0.05, 0.1) is 34.0 Å². The number of nitrogens with one attached hydrogen (secondary N) is 1. The number of thioether (sulfide) groups is 1. The highest BCUT2D eigenvalue weighted by atomic mass is 32.2. The Balaban J connectivity index is 1.20. The summed E-state index contributed by atoms with van der Waals surface area (Å²) in [7, 11) is 0. The summed E-state index contributed by atoms with van der Waals surface area (Å²) in [5, 5.41) is 0.628. The molecule has 2 heterocycles. The Hall–Kier alpha value is -4.23. The summed E-state index contributed by atoms with van der Waals surface area (Å²) < 4.78 is 1.85. The van der Waals surface area contributed by atoms with Gasteiger partial charge in [-0.05, 0) is 68.2 Å². The van der Waals surface area contributed by atoms with Crippen molar-refractivity contribution in [1.82, 2.24) is 19.5 Å². The van der Waals surface area contributed by atoms with E-state index in [-0.39, 0.29) is 21.9 Å². The summed E-state index contributed by atoms with van der Waals surface area (Å²) in [6.07, 6.45) is 11.6. The molecule has 7 heteroatoms. The van der Waals surface area contributed by atoms with Crippen LogP contribution in [0.5, 0.6) is 0 Å². The van der Waals surface area contributed by atoms with Gasteiger partial charge in [-0.25, -0.2) is 9.97 Å². The summed E-state index contributed by atoms with van der Waals surface area (Å²) in [6, 6.07) is 25.0. The molecule has 3 aromatic carbocycles. The Bertz CT molecular complexity index is 2200. The van der Waals surface area contributed by atoms with E-state index in [9.17, 15) is 4.79 Å². The van der Waals surface area contributed by atoms with Crippen molar-refractivity contribution in [2.45, 2.75) is 99.3 Å². The first-order valence-corrected chi connectivity index (χ1v) is 18.6. The SMILES string of the molecule is Cc1ccccc1-n1c(SCc2nc3c(c(=O)[nH]2)C2(CCCC2)Cc2ccccc2-3)nc2c(c1=O)C1(CCCCC1)Cc1ccccc1-2. The second-order valence-electron chi connectivity index (χ2n) is 14.6. The molecule has 2 saturated carbocycles. The van der Waals surface area contributed by atoms with Crippen molar-refractivity contribution < 1.29 is 0 Å². The molecule has 6 nitrogen and oxygen atoms in total. The Morgan fingerprint density at radius 3 is 1.94 bits per heavy atom. The molecule has 4 aliphatic carbocycles. The number of H-pyrrole nitrogens is 1. The van der Waals surface area contributed by atoms with Crippen LogP contribution in [-0.2, 0) is 29.4 Å². The average molecular weight is 653 g/mol. The van der Waals surface area contributed by atoms with Gasteiger partial charge in [-0.1, -0.05) is 111 Å². The molecule has 2 fully saturated rings. The first-order chi connectivity index (χ1) is 23.5. The zero-order valence-electron chi connectivity index (χ0n) is 27.5. The fourth-order valence-electron chi connectivity index (χ4n) is 9.56. The normalized spacial score (nSPS) is 18.3. The zero-order chi connectivity index (χ0) is 32.5. The Labute approximate surface area is 285 Å². The van der Waals surface area contributed by atoms with Crippen LogP contribution >= 0.6 is 11.8 Å². The molecule has 0 saturated heterocycles. The Morgan fingerprint density at radius 2 is 1.27 bits per heavy atom. The number of hydrogen-bond acceptors (Lipinski definition) is 5. The van der Waals surface area contributed by atoms with E-state index in [1.165, 1.54) is 29.3 Å². The predicted molar refractivity (Wildman–Crippen MR) is 192 cm³/mol. The molecule has 2 aromatic heterocycles. The molecule has 0 bridgehead atoms. The van der Waals surface area contributed by atoms with E-state index < -0.39 is 0 Å². The minimum atomic E-state index is -0.200. The van der Waals surface area contributed by atoms with Crippen molar-refractivity contribution >= 4 is 11.8 Å². The van der Waals surface area contributed by atoms with E-state index in [0.29, 0.717) is 16.7 Å². The van der Waals surface area contributed by atoms with E-state index in [4.69, 9.17) is 9.97 Å². The molecular formula is C41H40N4O2S. The molecule has 2 spiro atoms.